The van der Waals surface area contributed by atoms with Gasteiger partial charge in [0.15, 0.2) is 0 Å². The van der Waals surface area contributed by atoms with E-state index in [-0.39, 0.29) is 26.2 Å². The molecule has 0 saturated carbocycles. The second-order valence-corrected chi connectivity index (χ2v) is 2.67. The van der Waals surface area contributed by atoms with Crippen molar-refractivity contribution in [3.8, 4) is 0 Å². The topological polar surface area (TPSA) is 60.7 Å². The van der Waals surface area contributed by atoms with Crippen molar-refractivity contribution in [2.24, 2.45) is 0 Å². The third kappa shape index (κ3) is 197. The number of hydrogen-bond acceptors (Lipinski definition) is 3. The maximum absolute atomic E-state index is 7.88. The van der Waals surface area contributed by atoms with Crippen molar-refractivity contribution in [2.45, 2.75) is 53.4 Å². The van der Waals surface area contributed by atoms with Gasteiger partial charge in [-0.2, -0.15) is 6.42 Å². The summed E-state index contributed by atoms with van der Waals surface area (Å²) in [6.45, 7) is 12.2. The smallest absolute Gasteiger partial charge is 0.0428 e. The summed E-state index contributed by atoms with van der Waals surface area (Å²) in [5.74, 6) is 0. The van der Waals surface area contributed by atoms with Crippen molar-refractivity contribution in [1.82, 2.24) is 0 Å². The first-order valence-corrected chi connectivity index (χ1v) is 5.78. The van der Waals surface area contributed by atoms with Gasteiger partial charge >= 0.3 is 0 Å². The SMILES string of the molecule is CCCO.CCCO.CCCO.[CH2-]CC.[Zr]. The minimum atomic E-state index is 0. The molecule has 102 valence electrons. The summed E-state index contributed by atoms with van der Waals surface area (Å²) in [6, 6.07) is 0. The summed E-state index contributed by atoms with van der Waals surface area (Å²) >= 11 is 0. The van der Waals surface area contributed by atoms with Crippen LogP contribution in [0, 0.1) is 6.92 Å². The molecular formula is C12H31O3Zr-. The molecule has 3 N–H and O–H groups in total. The van der Waals surface area contributed by atoms with E-state index >= 15 is 0 Å². The molecule has 16 heavy (non-hydrogen) atoms. The van der Waals surface area contributed by atoms with E-state index in [1.165, 1.54) is 0 Å². The second kappa shape index (κ2) is 57.0. The van der Waals surface area contributed by atoms with Gasteiger partial charge in [0.1, 0.15) is 0 Å². The van der Waals surface area contributed by atoms with Crippen LogP contribution in [0.25, 0.3) is 0 Å². The van der Waals surface area contributed by atoms with E-state index < -0.39 is 0 Å². The van der Waals surface area contributed by atoms with E-state index in [9.17, 15) is 0 Å². The molecule has 0 unspecified atom stereocenters. The maximum atomic E-state index is 7.88. The van der Waals surface area contributed by atoms with Crippen LogP contribution < -0.4 is 0 Å². The molecule has 4 heteroatoms. The average Bonchev–Trinajstić information content (AvgIpc) is 2.30. The largest absolute Gasteiger partial charge is 0.396 e. The first kappa shape index (κ1) is 30.1. The van der Waals surface area contributed by atoms with Gasteiger partial charge < -0.3 is 22.2 Å². The van der Waals surface area contributed by atoms with Gasteiger partial charge in [-0.05, 0) is 19.3 Å². The summed E-state index contributed by atoms with van der Waals surface area (Å²) < 4.78 is 0. The summed E-state index contributed by atoms with van der Waals surface area (Å²) in [4.78, 5) is 0. The van der Waals surface area contributed by atoms with Crippen LogP contribution in [-0.4, -0.2) is 35.1 Å². The third-order valence-corrected chi connectivity index (χ3v) is 0.671. The Balaban J connectivity index is -0.0000000331. The quantitative estimate of drug-likeness (QED) is 0.701. The Labute approximate surface area is 121 Å². The fraction of sp³-hybridized carbons (Fsp3) is 0.917. The molecule has 0 aliphatic heterocycles. The van der Waals surface area contributed by atoms with Crippen LogP contribution in [0.5, 0.6) is 0 Å². The fourth-order valence-corrected chi connectivity index (χ4v) is 0. The molecule has 0 bridgehead atoms. The molecule has 0 atom stereocenters. The third-order valence-electron chi connectivity index (χ3n) is 0.671. The molecule has 0 aromatic rings. The number of aliphatic hydroxyl groups is 3. The number of aliphatic hydroxyl groups excluding tert-OH is 3. The summed E-state index contributed by atoms with van der Waals surface area (Å²) in [7, 11) is 0. The van der Waals surface area contributed by atoms with Gasteiger partial charge in [-0.3, -0.25) is 0 Å². The predicted octanol–water partition coefficient (Wildman–Crippen LogP) is 2.39. The van der Waals surface area contributed by atoms with E-state index in [4.69, 9.17) is 15.3 Å². The van der Waals surface area contributed by atoms with Gasteiger partial charge in [-0.15, -0.1) is 0 Å². The van der Waals surface area contributed by atoms with Crippen molar-refractivity contribution in [3.05, 3.63) is 6.92 Å². The van der Waals surface area contributed by atoms with Gasteiger partial charge in [-0.1, -0.05) is 27.7 Å². The first-order chi connectivity index (χ1) is 7.16. The molecule has 0 aliphatic rings. The van der Waals surface area contributed by atoms with Crippen LogP contribution in [0.4, 0.5) is 0 Å². The van der Waals surface area contributed by atoms with Gasteiger partial charge in [-0.25, -0.2) is 0 Å². The summed E-state index contributed by atoms with van der Waals surface area (Å²) in [6.07, 6.45) is 3.62. The minimum Gasteiger partial charge on any atom is -0.396 e. The molecule has 3 nitrogen and oxygen atoms in total. The Morgan fingerprint density at radius 2 is 0.750 bits per heavy atom. The van der Waals surface area contributed by atoms with Crippen LogP contribution in [-0.2, 0) is 26.2 Å². The van der Waals surface area contributed by atoms with E-state index in [0.717, 1.165) is 25.7 Å². The van der Waals surface area contributed by atoms with Gasteiger partial charge in [0.25, 0.3) is 0 Å². The van der Waals surface area contributed by atoms with Crippen LogP contribution in [0.2, 0.25) is 0 Å². The van der Waals surface area contributed by atoms with Crippen molar-refractivity contribution < 1.29 is 41.5 Å². The molecule has 0 aromatic heterocycles. The zero-order chi connectivity index (χ0) is 12.9. The van der Waals surface area contributed by atoms with Gasteiger partial charge in [0.05, 0.1) is 0 Å². The van der Waals surface area contributed by atoms with Crippen molar-refractivity contribution in [3.63, 3.8) is 0 Å². The normalized spacial score (nSPS) is 6.75. The van der Waals surface area contributed by atoms with E-state index in [1.807, 2.05) is 27.7 Å². The molecule has 0 saturated heterocycles. The molecule has 0 spiro atoms. The molecular weight excluding hydrogens is 283 g/mol. The zero-order valence-electron chi connectivity index (χ0n) is 11.5. The van der Waals surface area contributed by atoms with Crippen molar-refractivity contribution in [2.75, 3.05) is 19.8 Å². The average molecular weight is 315 g/mol. The molecule has 0 radical (unpaired) electrons. The maximum Gasteiger partial charge on any atom is 0.0428 e. The molecule has 0 aliphatic carbocycles. The first-order valence-electron chi connectivity index (χ1n) is 5.78. The standard InChI is InChI=1S/3C3H8O.C3H7.Zr/c3*1-2-3-4;1-3-2;/h3*4H,2-3H2,1H3;1,3H2,2H3;/q;;;-1;. The predicted molar refractivity (Wildman–Crippen MR) is 67.8 cm³/mol. The Kier molecular flexibility index (Phi) is 107. The van der Waals surface area contributed by atoms with Crippen molar-refractivity contribution in [1.29, 1.82) is 0 Å². The van der Waals surface area contributed by atoms with E-state index in [0.29, 0.717) is 19.8 Å². The van der Waals surface area contributed by atoms with Gasteiger partial charge in [0, 0.05) is 46.0 Å². The second-order valence-electron chi connectivity index (χ2n) is 2.67. The van der Waals surface area contributed by atoms with Crippen molar-refractivity contribution >= 4 is 0 Å². The summed E-state index contributed by atoms with van der Waals surface area (Å²) in [5.41, 5.74) is 0. The number of hydrogen-bond donors (Lipinski definition) is 3. The monoisotopic (exact) mass is 313 g/mol. The van der Waals surface area contributed by atoms with Crippen LogP contribution in [0.1, 0.15) is 53.4 Å². The number of rotatable bonds is 3. The Hall–Kier alpha value is 0.763. The fourth-order valence-electron chi connectivity index (χ4n) is 0. The molecule has 0 heterocycles. The minimum absolute atomic E-state index is 0. The molecule has 0 aromatic carbocycles. The van der Waals surface area contributed by atoms with Crippen LogP contribution in [0.15, 0.2) is 0 Å². The van der Waals surface area contributed by atoms with E-state index in [1.54, 1.807) is 0 Å². The summed E-state index contributed by atoms with van der Waals surface area (Å²) in [5, 5.41) is 23.6. The Bertz CT molecular complexity index is 40.0. The zero-order valence-corrected chi connectivity index (χ0v) is 14.0. The van der Waals surface area contributed by atoms with E-state index in [2.05, 4.69) is 6.92 Å². The van der Waals surface area contributed by atoms with Crippen LogP contribution in [0.3, 0.4) is 0 Å². The Morgan fingerprint density at radius 1 is 0.688 bits per heavy atom. The van der Waals surface area contributed by atoms with Gasteiger partial charge in [0.2, 0.25) is 0 Å². The molecule has 0 rings (SSSR count). The molecule has 0 amide bonds. The Morgan fingerprint density at radius 3 is 0.750 bits per heavy atom. The molecule has 0 fully saturated rings. The van der Waals surface area contributed by atoms with Crippen LogP contribution >= 0.6 is 0 Å².